The van der Waals surface area contributed by atoms with Crippen LogP contribution in [0.3, 0.4) is 0 Å². The van der Waals surface area contributed by atoms with Crippen LogP contribution in [-0.2, 0) is 21.2 Å². The van der Waals surface area contributed by atoms with E-state index < -0.39 is 10.0 Å². The molecule has 0 radical (unpaired) electrons. The molecule has 1 atom stereocenters. The molecule has 1 unspecified atom stereocenters. The third kappa shape index (κ3) is 5.47. The van der Waals surface area contributed by atoms with Gasteiger partial charge in [-0.2, -0.15) is 0 Å². The molecule has 0 bridgehead atoms. The highest BCUT2D eigenvalue weighted by atomic mass is 32.2. The number of carbonyl (C=O) groups is 1. The zero-order valence-corrected chi connectivity index (χ0v) is 18.8. The fraction of sp³-hybridized carbons (Fsp3) is 0.435. The van der Waals surface area contributed by atoms with Gasteiger partial charge in [0.05, 0.1) is 11.4 Å². The molecule has 1 fully saturated rings. The molecule has 1 aliphatic heterocycles. The summed E-state index contributed by atoms with van der Waals surface area (Å²) in [4.78, 5) is 15.2. The third-order valence-electron chi connectivity index (χ3n) is 5.64. The Hall–Kier alpha value is -2.22. The lowest BCUT2D eigenvalue weighted by Crippen LogP contribution is -2.45. The SMILES string of the molecule is Cc1ccc(NC(=O)CN2CCCCC2Cc2ccccc2)cc1S(=O)(=O)N(C)C. The molecule has 30 heavy (non-hydrogen) atoms. The standard InChI is InChI=1S/C23H31N3O3S/c1-18-12-13-20(16-22(18)30(28,29)25(2)3)24-23(27)17-26-14-8-7-11-21(26)15-19-9-5-4-6-10-19/h4-6,9-10,12-13,16,21H,7-8,11,14-15,17H2,1-3H3,(H,24,27). The lowest BCUT2D eigenvalue weighted by Gasteiger charge is -2.35. The number of hydrogen-bond donors (Lipinski definition) is 1. The summed E-state index contributed by atoms with van der Waals surface area (Å²) in [6.07, 6.45) is 4.29. The molecule has 0 spiro atoms. The van der Waals surface area contributed by atoms with Crippen LogP contribution in [0.25, 0.3) is 0 Å². The Morgan fingerprint density at radius 1 is 1.13 bits per heavy atom. The van der Waals surface area contributed by atoms with E-state index in [0.717, 1.165) is 25.8 Å². The van der Waals surface area contributed by atoms with Crippen molar-refractivity contribution in [1.82, 2.24) is 9.21 Å². The monoisotopic (exact) mass is 429 g/mol. The number of piperidine rings is 1. The van der Waals surface area contributed by atoms with Crippen LogP contribution in [0.5, 0.6) is 0 Å². The van der Waals surface area contributed by atoms with Gasteiger partial charge in [0.15, 0.2) is 0 Å². The Kier molecular flexibility index (Phi) is 7.28. The zero-order valence-electron chi connectivity index (χ0n) is 18.0. The Morgan fingerprint density at radius 3 is 2.57 bits per heavy atom. The predicted octanol–water partition coefficient (Wildman–Crippen LogP) is 3.28. The van der Waals surface area contributed by atoms with Gasteiger partial charge in [-0.3, -0.25) is 9.69 Å². The van der Waals surface area contributed by atoms with E-state index in [1.54, 1.807) is 25.1 Å². The van der Waals surface area contributed by atoms with Gasteiger partial charge in [0.2, 0.25) is 15.9 Å². The smallest absolute Gasteiger partial charge is 0.242 e. The van der Waals surface area contributed by atoms with Crippen LogP contribution in [-0.4, -0.2) is 56.8 Å². The molecule has 2 aromatic carbocycles. The van der Waals surface area contributed by atoms with Crippen molar-refractivity contribution in [2.75, 3.05) is 32.5 Å². The largest absolute Gasteiger partial charge is 0.325 e. The molecular weight excluding hydrogens is 398 g/mol. The highest BCUT2D eigenvalue weighted by molar-refractivity contribution is 7.89. The summed E-state index contributed by atoms with van der Waals surface area (Å²) in [6.45, 7) is 2.96. The second-order valence-corrected chi connectivity index (χ2v) is 10.2. The summed E-state index contributed by atoms with van der Waals surface area (Å²) in [6, 6.07) is 15.7. The number of rotatable bonds is 7. The van der Waals surface area contributed by atoms with Crippen molar-refractivity contribution in [3.05, 3.63) is 59.7 Å². The summed E-state index contributed by atoms with van der Waals surface area (Å²) in [7, 11) is -0.558. The molecule has 6 nitrogen and oxygen atoms in total. The quantitative estimate of drug-likeness (QED) is 0.733. The molecule has 0 saturated carbocycles. The molecule has 7 heteroatoms. The van der Waals surface area contributed by atoms with Crippen molar-refractivity contribution in [1.29, 1.82) is 0 Å². The zero-order chi connectivity index (χ0) is 21.7. The second-order valence-electron chi connectivity index (χ2n) is 8.13. The number of carbonyl (C=O) groups excluding carboxylic acids is 1. The van der Waals surface area contributed by atoms with Crippen molar-refractivity contribution in [3.63, 3.8) is 0 Å². The number of aryl methyl sites for hydroxylation is 1. The lowest BCUT2D eigenvalue weighted by molar-refractivity contribution is -0.118. The number of nitrogens with one attached hydrogen (secondary N) is 1. The summed E-state index contributed by atoms with van der Waals surface area (Å²) in [5, 5.41) is 2.89. The minimum absolute atomic E-state index is 0.119. The topological polar surface area (TPSA) is 69.7 Å². The van der Waals surface area contributed by atoms with E-state index in [4.69, 9.17) is 0 Å². The lowest BCUT2D eigenvalue weighted by atomic mass is 9.95. The molecule has 1 N–H and O–H groups in total. The molecular formula is C23H31N3O3S. The number of amides is 1. The van der Waals surface area contributed by atoms with E-state index in [0.29, 0.717) is 23.8 Å². The molecule has 2 aromatic rings. The molecule has 1 heterocycles. The van der Waals surface area contributed by atoms with E-state index in [9.17, 15) is 13.2 Å². The van der Waals surface area contributed by atoms with Gasteiger partial charge < -0.3 is 5.32 Å². The van der Waals surface area contributed by atoms with Crippen LogP contribution in [0.15, 0.2) is 53.4 Å². The number of anilines is 1. The third-order valence-corrected chi connectivity index (χ3v) is 7.60. The highest BCUT2D eigenvalue weighted by Crippen LogP contribution is 2.23. The number of benzene rings is 2. The first-order valence-corrected chi connectivity index (χ1v) is 11.8. The van der Waals surface area contributed by atoms with Crippen LogP contribution in [0.2, 0.25) is 0 Å². The average molecular weight is 430 g/mol. The Labute approximate surface area is 179 Å². The Balaban J connectivity index is 1.68. The van der Waals surface area contributed by atoms with E-state index >= 15 is 0 Å². The number of hydrogen-bond acceptors (Lipinski definition) is 4. The normalized spacial score (nSPS) is 17.8. The molecule has 1 saturated heterocycles. The minimum atomic E-state index is -3.56. The van der Waals surface area contributed by atoms with Crippen LogP contribution in [0, 0.1) is 6.92 Å². The molecule has 0 aliphatic carbocycles. The van der Waals surface area contributed by atoms with Crippen molar-refractivity contribution >= 4 is 21.6 Å². The Bertz CT molecular complexity index is 974. The maximum absolute atomic E-state index is 12.7. The summed E-state index contributed by atoms with van der Waals surface area (Å²) < 4.78 is 26.2. The summed E-state index contributed by atoms with van der Waals surface area (Å²) >= 11 is 0. The van der Waals surface area contributed by atoms with Crippen LogP contribution in [0.4, 0.5) is 5.69 Å². The molecule has 3 rings (SSSR count). The number of likely N-dealkylation sites (tertiary alicyclic amines) is 1. The van der Waals surface area contributed by atoms with Crippen molar-refractivity contribution in [2.24, 2.45) is 0 Å². The van der Waals surface area contributed by atoms with E-state index in [2.05, 4.69) is 22.3 Å². The molecule has 1 aliphatic rings. The van der Waals surface area contributed by atoms with Gasteiger partial charge >= 0.3 is 0 Å². The van der Waals surface area contributed by atoms with E-state index in [-0.39, 0.29) is 10.8 Å². The highest BCUT2D eigenvalue weighted by Gasteiger charge is 2.25. The fourth-order valence-electron chi connectivity index (χ4n) is 3.92. The van der Waals surface area contributed by atoms with Gasteiger partial charge in [0.1, 0.15) is 0 Å². The van der Waals surface area contributed by atoms with Gasteiger partial charge in [-0.15, -0.1) is 0 Å². The summed E-state index contributed by atoms with van der Waals surface area (Å²) in [5.74, 6) is -0.119. The summed E-state index contributed by atoms with van der Waals surface area (Å²) in [5.41, 5.74) is 2.44. The maximum atomic E-state index is 12.7. The first-order valence-electron chi connectivity index (χ1n) is 10.4. The van der Waals surface area contributed by atoms with Gasteiger partial charge in [-0.25, -0.2) is 12.7 Å². The first-order chi connectivity index (χ1) is 14.3. The first kappa shape index (κ1) is 22.5. The second kappa shape index (κ2) is 9.73. The Morgan fingerprint density at radius 2 is 1.87 bits per heavy atom. The molecule has 1 amide bonds. The predicted molar refractivity (Wildman–Crippen MR) is 120 cm³/mol. The van der Waals surface area contributed by atoms with E-state index in [1.807, 2.05) is 18.2 Å². The van der Waals surface area contributed by atoms with Gasteiger partial charge in [0.25, 0.3) is 0 Å². The van der Waals surface area contributed by atoms with Gasteiger partial charge in [-0.05, 0) is 56.0 Å². The van der Waals surface area contributed by atoms with Gasteiger partial charge in [0, 0.05) is 25.8 Å². The average Bonchev–Trinajstić information content (AvgIpc) is 2.71. The number of nitrogens with zero attached hydrogens (tertiary/aromatic N) is 2. The number of sulfonamides is 1. The van der Waals surface area contributed by atoms with E-state index in [1.165, 1.54) is 30.4 Å². The van der Waals surface area contributed by atoms with Crippen LogP contribution >= 0.6 is 0 Å². The van der Waals surface area contributed by atoms with Crippen molar-refractivity contribution < 1.29 is 13.2 Å². The maximum Gasteiger partial charge on any atom is 0.242 e. The van der Waals surface area contributed by atoms with Crippen LogP contribution in [0.1, 0.15) is 30.4 Å². The minimum Gasteiger partial charge on any atom is -0.325 e. The van der Waals surface area contributed by atoms with Crippen molar-refractivity contribution in [2.45, 2.75) is 43.5 Å². The fourth-order valence-corrected chi connectivity index (χ4v) is 5.07. The van der Waals surface area contributed by atoms with Crippen LogP contribution < -0.4 is 5.32 Å². The van der Waals surface area contributed by atoms with Crippen molar-refractivity contribution in [3.8, 4) is 0 Å². The van der Waals surface area contributed by atoms with Gasteiger partial charge in [-0.1, -0.05) is 42.8 Å². The molecule has 0 aromatic heterocycles. The molecule has 162 valence electrons.